The van der Waals surface area contributed by atoms with E-state index in [1.807, 2.05) is 0 Å². The molecule has 1 atom stereocenters. The number of carbonyl (C=O) groups excluding carboxylic acids is 2. The van der Waals surface area contributed by atoms with Gasteiger partial charge in [-0.25, -0.2) is 4.39 Å². The standard InChI is InChI=1S/C11H14FN3O3/c1-18-6-2-3-7(12)9(4-6)15-11(17)8(13)5-10(14)16/h2-4,8H,5,13H2,1H3,(H2,14,16)(H,15,17). The second-order valence-corrected chi connectivity index (χ2v) is 3.61. The summed E-state index contributed by atoms with van der Waals surface area (Å²) in [6, 6.07) is 2.75. The van der Waals surface area contributed by atoms with E-state index in [9.17, 15) is 14.0 Å². The Bertz CT molecular complexity index is 465. The van der Waals surface area contributed by atoms with Crippen LogP contribution in [-0.2, 0) is 9.59 Å². The number of methoxy groups -OCH3 is 1. The smallest absolute Gasteiger partial charge is 0.241 e. The minimum absolute atomic E-state index is 0.0701. The summed E-state index contributed by atoms with van der Waals surface area (Å²) in [5.41, 5.74) is 10.3. The first-order valence-corrected chi connectivity index (χ1v) is 5.12. The summed E-state index contributed by atoms with van der Waals surface area (Å²) in [4.78, 5) is 22.2. The first kappa shape index (κ1) is 13.9. The molecular formula is C11H14FN3O3. The summed E-state index contributed by atoms with van der Waals surface area (Å²) in [5.74, 6) is -1.64. The molecule has 0 fully saturated rings. The Morgan fingerprint density at radius 1 is 1.50 bits per heavy atom. The largest absolute Gasteiger partial charge is 0.497 e. The molecule has 0 aromatic heterocycles. The summed E-state index contributed by atoms with van der Waals surface area (Å²) in [5, 5.41) is 2.26. The molecule has 1 aromatic rings. The fourth-order valence-electron chi connectivity index (χ4n) is 1.26. The van der Waals surface area contributed by atoms with E-state index in [4.69, 9.17) is 16.2 Å². The van der Waals surface area contributed by atoms with E-state index >= 15 is 0 Å². The number of halogens is 1. The van der Waals surface area contributed by atoms with Crippen molar-refractivity contribution in [3.8, 4) is 5.75 Å². The zero-order chi connectivity index (χ0) is 13.7. The van der Waals surface area contributed by atoms with Gasteiger partial charge < -0.3 is 21.5 Å². The molecular weight excluding hydrogens is 241 g/mol. The van der Waals surface area contributed by atoms with Gasteiger partial charge in [-0.15, -0.1) is 0 Å². The van der Waals surface area contributed by atoms with Crippen LogP contribution in [0.3, 0.4) is 0 Å². The van der Waals surface area contributed by atoms with Gasteiger partial charge in [0.2, 0.25) is 11.8 Å². The highest BCUT2D eigenvalue weighted by molar-refractivity contribution is 5.97. The third kappa shape index (κ3) is 3.70. The molecule has 0 bridgehead atoms. The first-order valence-electron chi connectivity index (χ1n) is 5.12. The van der Waals surface area contributed by atoms with Crippen molar-refractivity contribution in [2.45, 2.75) is 12.5 Å². The third-order valence-electron chi connectivity index (χ3n) is 2.19. The summed E-state index contributed by atoms with van der Waals surface area (Å²) in [6.45, 7) is 0. The van der Waals surface area contributed by atoms with Crippen molar-refractivity contribution >= 4 is 17.5 Å². The Morgan fingerprint density at radius 3 is 2.72 bits per heavy atom. The molecule has 1 rings (SSSR count). The number of anilines is 1. The molecule has 0 saturated carbocycles. The molecule has 1 aromatic carbocycles. The van der Waals surface area contributed by atoms with Crippen LogP contribution in [0, 0.1) is 5.82 Å². The van der Waals surface area contributed by atoms with Gasteiger partial charge >= 0.3 is 0 Å². The van der Waals surface area contributed by atoms with Crippen LogP contribution in [0.15, 0.2) is 18.2 Å². The lowest BCUT2D eigenvalue weighted by molar-refractivity contribution is -0.123. The summed E-state index contributed by atoms with van der Waals surface area (Å²) >= 11 is 0. The van der Waals surface area contributed by atoms with Gasteiger partial charge in [0.1, 0.15) is 11.6 Å². The Kier molecular flexibility index (Phi) is 4.61. The van der Waals surface area contributed by atoms with Crippen LogP contribution in [0.25, 0.3) is 0 Å². The lowest BCUT2D eigenvalue weighted by Crippen LogP contribution is -2.39. The molecule has 5 N–H and O–H groups in total. The minimum Gasteiger partial charge on any atom is -0.497 e. The molecule has 6 nitrogen and oxygen atoms in total. The average Bonchev–Trinajstić information content (AvgIpc) is 2.31. The fourth-order valence-corrected chi connectivity index (χ4v) is 1.26. The Balaban J connectivity index is 2.77. The second kappa shape index (κ2) is 5.97. The average molecular weight is 255 g/mol. The highest BCUT2D eigenvalue weighted by Crippen LogP contribution is 2.21. The lowest BCUT2D eigenvalue weighted by atomic mass is 10.2. The molecule has 0 aliphatic carbocycles. The highest BCUT2D eigenvalue weighted by atomic mass is 19.1. The molecule has 0 aliphatic heterocycles. The van der Waals surface area contributed by atoms with Crippen LogP contribution in [0.1, 0.15) is 6.42 Å². The number of hydrogen-bond acceptors (Lipinski definition) is 4. The number of nitrogens with one attached hydrogen (secondary N) is 1. The number of rotatable bonds is 5. The zero-order valence-electron chi connectivity index (χ0n) is 9.77. The first-order chi connectivity index (χ1) is 8.43. The van der Waals surface area contributed by atoms with Gasteiger partial charge in [0.25, 0.3) is 0 Å². The van der Waals surface area contributed by atoms with Gasteiger partial charge in [-0.2, -0.15) is 0 Å². The number of nitrogens with two attached hydrogens (primary N) is 2. The van der Waals surface area contributed by atoms with E-state index in [2.05, 4.69) is 5.32 Å². The van der Waals surface area contributed by atoms with Crippen LogP contribution in [0.4, 0.5) is 10.1 Å². The Hall–Kier alpha value is -2.15. The SMILES string of the molecule is COc1ccc(F)c(NC(=O)C(N)CC(N)=O)c1. The molecule has 98 valence electrons. The van der Waals surface area contributed by atoms with Gasteiger partial charge in [0.15, 0.2) is 0 Å². The maximum absolute atomic E-state index is 13.4. The summed E-state index contributed by atoms with van der Waals surface area (Å²) in [6.07, 6.45) is -0.308. The third-order valence-corrected chi connectivity index (χ3v) is 2.19. The van der Waals surface area contributed by atoms with Crippen LogP contribution in [0.5, 0.6) is 5.75 Å². The van der Waals surface area contributed by atoms with Gasteiger partial charge in [-0.1, -0.05) is 0 Å². The zero-order valence-corrected chi connectivity index (χ0v) is 9.77. The van der Waals surface area contributed by atoms with Crippen LogP contribution >= 0.6 is 0 Å². The van der Waals surface area contributed by atoms with Gasteiger partial charge in [-0.3, -0.25) is 9.59 Å². The number of benzene rings is 1. The predicted molar refractivity (Wildman–Crippen MR) is 63.4 cm³/mol. The van der Waals surface area contributed by atoms with Crippen molar-refractivity contribution in [3.05, 3.63) is 24.0 Å². The fraction of sp³-hybridized carbons (Fsp3) is 0.273. The quantitative estimate of drug-likeness (QED) is 0.686. The summed E-state index contributed by atoms with van der Waals surface area (Å²) in [7, 11) is 1.41. The summed E-state index contributed by atoms with van der Waals surface area (Å²) < 4.78 is 18.3. The van der Waals surface area contributed by atoms with Crippen molar-refractivity contribution in [2.75, 3.05) is 12.4 Å². The molecule has 1 unspecified atom stereocenters. The Morgan fingerprint density at radius 2 is 2.17 bits per heavy atom. The molecule has 7 heteroatoms. The predicted octanol–water partition coefficient (Wildman–Crippen LogP) is -0.0245. The van der Waals surface area contributed by atoms with E-state index < -0.39 is 23.7 Å². The number of hydrogen-bond donors (Lipinski definition) is 3. The van der Waals surface area contributed by atoms with Crippen molar-refractivity contribution in [1.82, 2.24) is 0 Å². The molecule has 18 heavy (non-hydrogen) atoms. The number of primary amides is 1. The lowest BCUT2D eigenvalue weighted by Gasteiger charge is -2.12. The maximum Gasteiger partial charge on any atom is 0.241 e. The Labute approximate surface area is 103 Å². The van der Waals surface area contributed by atoms with E-state index in [0.29, 0.717) is 5.75 Å². The topological polar surface area (TPSA) is 107 Å². The number of ether oxygens (including phenoxy) is 1. The number of amides is 2. The molecule has 0 radical (unpaired) electrons. The number of carbonyl (C=O) groups is 2. The monoisotopic (exact) mass is 255 g/mol. The molecule has 2 amide bonds. The van der Waals surface area contributed by atoms with E-state index in [-0.39, 0.29) is 12.1 Å². The van der Waals surface area contributed by atoms with E-state index in [0.717, 1.165) is 6.07 Å². The maximum atomic E-state index is 13.4. The second-order valence-electron chi connectivity index (χ2n) is 3.61. The normalized spacial score (nSPS) is 11.7. The van der Waals surface area contributed by atoms with Gasteiger partial charge in [0.05, 0.1) is 25.3 Å². The van der Waals surface area contributed by atoms with Crippen molar-refractivity contribution in [2.24, 2.45) is 11.5 Å². The molecule has 0 aliphatic rings. The van der Waals surface area contributed by atoms with E-state index in [1.54, 1.807) is 0 Å². The van der Waals surface area contributed by atoms with Crippen LogP contribution < -0.4 is 21.5 Å². The van der Waals surface area contributed by atoms with Crippen LogP contribution in [0.2, 0.25) is 0 Å². The molecule has 0 heterocycles. The van der Waals surface area contributed by atoms with Crippen LogP contribution in [-0.4, -0.2) is 25.0 Å². The van der Waals surface area contributed by atoms with Gasteiger partial charge in [-0.05, 0) is 12.1 Å². The van der Waals surface area contributed by atoms with Gasteiger partial charge in [0, 0.05) is 6.07 Å². The highest BCUT2D eigenvalue weighted by Gasteiger charge is 2.17. The van der Waals surface area contributed by atoms with Crippen molar-refractivity contribution in [1.29, 1.82) is 0 Å². The van der Waals surface area contributed by atoms with Crippen molar-refractivity contribution in [3.63, 3.8) is 0 Å². The molecule has 0 spiro atoms. The molecule has 0 saturated heterocycles. The van der Waals surface area contributed by atoms with Crippen molar-refractivity contribution < 1.29 is 18.7 Å². The van der Waals surface area contributed by atoms with E-state index in [1.165, 1.54) is 19.2 Å². The minimum atomic E-state index is -1.12.